The van der Waals surface area contributed by atoms with Crippen molar-refractivity contribution in [1.29, 1.82) is 0 Å². The Labute approximate surface area is 120 Å². The van der Waals surface area contributed by atoms with E-state index in [2.05, 4.69) is 9.97 Å². The molecule has 102 valence electrons. The fraction of sp³-hybridized carbons (Fsp3) is 0.143. The van der Waals surface area contributed by atoms with E-state index in [1.165, 1.54) is 18.5 Å². The Kier molecular flexibility index (Phi) is 2.87. The summed E-state index contributed by atoms with van der Waals surface area (Å²) in [6, 6.07) is 4.37. The maximum Gasteiger partial charge on any atom is 0.150 e. The summed E-state index contributed by atoms with van der Waals surface area (Å²) in [4.78, 5) is 8.27. The van der Waals surface area contributed by atoms with Gasteiger partial charge in [-0.05, 0) is 37.6 Å². The molecule has 6 heteroatoms. The number of nitrogens with zero attached hydrogens (tertiary/aromatic N) is 3. The van der Waals surface area contributed by atoms with Gasteiger partial charge in [-0.3, -0.25) is 4.57 Å². The number of anilines is 1. The monoisotopic (exact) mass is 290 g/mol. The molecule has 0 atom stereocenters. The Bertz CT molecular complexity index is 805. The lowest BCUT2D eigenvalue weighted by molar-refractivity contribution is 0.626. The van der Waals surface area contributed by atoms with Crippen LogP contribution in [0.5, 0.6) is 0 Å². The number of rotatable bonds is 1. The zero-order valence-corrected chi connectivity index (χ0v) is 11.7. The highest BCUT2D eigenvalue weighted by Gasteiger charge is 2.16. The molecule has 0 amide bonds. The van der Waals surface area contributed by atoms with Crippen molar-refractivity contribution in [2.24, 2.45) is 0 Å². The van der Waals surface area contributed by atoms with Gasteiger partial charge in [0.05, 0.1) is 11.1 Å². The van der Waals surface area contributed by atoms with Crippen LogP contribution in [-0.2, 0) is 0 Å². The second-order valence-electron chi connectivity index (χ2n) is 4.63. The Morgan fingerprint density at radius 2 is 1.95 bits per heavy atom. The molecule has 0 saturated heterocycles. The summed E-state index contributed by atoms with van der Waals surface area (Å²) < 4.78 is 15.4. The van der Waals surface area contributed by atoms with Crippen molar-refractivity contribution >= 4 is 28.5 Å². The van der Waals surface area contributed by atoms with E-state index in [0.29, 0.717) is 22.2 Å². The van der Waals surface area contributed by atoms with Crippen molar-refractivity contribution < 1.29 is 4.39 Å². The molecule has 0 spiro atoms. The number of hydrogen-bond acceptors (Lipinski definition) is 3. The van der Waals surface area contributed by atoms with Gasteiger partial charge < -0.3 is 5.73 Å². The number of aryl methyl sites for hydroxylation is 1. The molecule has 3 rings (SSSR count). The average Bonchev–Trinajstić information content (AvgIpc) is 2.62. The van der Waals surface area contributed by atoms with Crippen LogP contribution < -0.4 is 5.73 Å². The Morgan fingerprint density at radius 1 is 1.20 bits per heavy atom. The van der Waals surface area contributed by atoms with E-state index in [9.17, 15) is 4.39 Å². The van der Waals surface area contributed by atoms with Gasteiger partial charge in [0.25, 0.3) is 0 Å². The largest absolute Gasteiger partial charge is 0.383 e. The minimum absolute atomic E-state index is 0.334. The van der Waals surface area contributed by atoms with Gasteiger partial charge >= 0.3 is 0 Å². The molecule has 2 N–H and O–H groups in total. The predicted molar refractivity (Wildman–Crippen MR) is 77.7 cm³/mol. The normalized spacial score (nSPS) is 11.2. The van der Waals surface area contributed by atoms with Crippen LogP contribution in [0.1, 0.15) is 11.3 Å². The molecule has 0 aliphatic heterocycles. The summed E-state index contributed by atoms with van der Waals surface area (Å²) in [5.41, 5.74) is 9.07. The third-order valence-electron chi connectivity index (χ3n) is 3.43. The van der Waals surface area contributed by atoms with E-state index in [1.807, 2.05) is 18.4 Å². The van der Waals surface area contributed by atoms with Crippen LogP contribution in [-0.4, -0.2) is 14.5 Å². The van der Waals surface area contributed by atoms with Crippen LogP contribution in [0.2, 0.25) is 5.02 Å². The van der Waals surface area contributed by atoms with Crippen LogP contribution in [0.4, 0.5) is 10.2 Å². The molecule has 0 unspecified atom stereocenters. The summed E-state index contributed by atoms with van der Waals surface area (Å²) in [5.74, 6) is 0.0188. The zero-order chi connectivity index (χ0) is 14.4. The van der Waals surface area contributed by atoms with Gasteiger partial charge in [-0.25, -0.2) is 14.4 Å². The van der Waals surface area contributed by atoms with Crippen LogP contribution in [0.3, 0.4) is 0 Å². The number of halogens is 2. The van der Waals surface area contributed by atoms with Crippen molar-refractivity contribution in [3.63, 3.8) is 0 Å². The van der Waals surface area contributed by atoms with E-state index >= 15 is 0 Å². The highest BCUT2D eigenvalue weighted by molar-refractivity contribution is 6.30. The SMILES string of the molecule is Cc1c(C)n(-c2cc(F)cc(Cl)c2)c2ncnc(N)c12. The van der Waals surface area contributed by atoms with Crippen molar-refractivity contribution in [3.05, 3.63) is 46.6 Å². The number of nitrogen functional groups attached to an aromatic ring is 1. The van der Waals surface area contributed by atoms with E-state index in [1.54, 1.807) is 6.07 Å². The second-order valence-corrected chi connectivity index (χ2v) is 5.07. The van der Waals surface area contributed by atoms with E-state index in [4.69, 9.17) is 17.3 Å². The highest BCUT2D eigenvalue weighted by Crippen LogP contribution is 2.30. The van der Waals surface area contributed by atoms with Gasteiger partial charge in [0, 0.05) is 10.7 Å². The van der Waals surface area contributed by atoms with Crippen LogP contribution in [0, 0.1) is 19.7 Å². The fourth-order valence-electron chi connectivity index (χ4n) is 2.41. The number of hydrogen-bond donors (Lipinski definition) is 1. The van der Waals surface area contributed by atoms with Crippen molar-refractivity contribution in [2.45, 2.75) is 13.8 Å². The molecule has 0 saturated carbocycles. The molecule has 0 fully saturated rings. The summed E-state index contributed by atoms with van der Waals surface area (Å²) in [6.07, 6.45) is 1.40. The molecule has 0 bridgehead atoms. The first-order valence-electron chi connectivity index (χ1n) is 6.03. The average molecular weight is 291 g/mol. The lowest BCUT2D eigenvalue weighted by Gasteiger charge is -2.08. The van der Waals surface area contributed by atoms with E-state index in [-0.39, 0.29) is 0 Å². The van der Waals surface area contributed by atoms with Crippen molar-refractivity contribution in [2.75, 3.05) is 5.73 Å². The first-order chi connectivity index (χ1) is 9.49. The molecule has 0 radical (unpaired) electrons. The van der Waals surface area contributed by atoms with Crippen molar-refractivity contribution in [1.82, 2.24) is 14.5 Å². The minimum Gasteiger partial charge on any atom is -0.383 e. The first-order valence-corrected chi connectivity index (χ1v) is 6.41. The number of fused-ring (bicyclic) bond motifs is 1. The number of aromatic nitrogens is 3. The second kappa shape index (κ2) is 4.45. The van der Waals surface area contributed by atoms with Gasteiger partial charge in [-0.2, -0.15) is 0 Å². The summed E-state index contributed by atoms with van der Waals surface area (Å²) in [6.45, 7) is 3.87. The Balaban J connectivity index is 2.42. The number of nitrogens with two attached hydrogens (primary N) is 1. The smallest absolute Gasteiger partial charge is 0.150 e. The maximum absolute atomic E-state index is 13.6. The fourth-order valence-corrected chi connectivity index (χ4v) is 2.63. The number of benzene rings is 1. The summed E-state index contributed by atoms with van der Waals surface area (Å²) in [5, 5.41) is 1.12. The molecular weight excluding hydrogens is 279 g/mol. The minimum atomic E-state index is -0.395. The Morgan fingerprint density at radius 3 is 2.65 bits per heavy atom. The molecule has 2 heterocycles. The molecule has 2 aromatic heterocycles. The highest BCUT2D eigenvalue weighted by atomic mass is 35.5. The molecule has 3 aromatic rings. The molecule has 0 aliphatic carbocycles. The van der Waals surface area contributed by atoms with Crippen LogP contribution >= 0.6 is 11.6 Å². The topological polar surface area (TPSA) is 56.7 Å². The van der Waals surface area contributed by atoms with Crippen molar-refractivity contribution in [3.8, 4) is 5.69 Å². The molecule has 4 nitrogen and oxygen atoms in total. The lowest BCUT2D eigenvalue weighted by Crippen LogP contribution is -2.00. The molecular formula is C14H12ClFN4. The molecule has 0 aliphatic rings. The predicted octanol–water partition coefficient (Wildman–Crippen LogP) is 3.41. The van der Waals surface area contributed by atoms with Gasteiger partial charge in [0.2, 0.25) is 0 Å². The first kappa shape index (κ1) is 12.9. The van der Waals surface area contributed by atoms with Crippen LogP contribution in [0.15, 0.2) is 24.5 Å². The molecule has 20 heavy (non-hydrogen) atoms. The van der Waals surface area contributed by atoms with Gasteiger partial charge in [0.1, 0.15) is 18.0 Å². The van der Waals surface area contributed by atoms with Gasteiger partial charge in [0.15, 0.2) is 5.65 Å². The summed E-state index contributed by atoms with van der Waals surface area (Å²) >= 11 is 5.93. The van der Waals surface area contributed by atoms with E-state index < -0.39 is 5.82 Å². The Hall–Kier alpha value is -2.14. The maximum atomic E-state index is 13.6. The van der Waals surface area contributed by atoms with Crippen LogP contribution in [0.25, 0.3) is 16.7 Å². The van der Waals surface area contributed by atoms with Gasteiger partial charge in [-0.1, -0.05) is 11.6 Å². The third kappa shape index (κ3) is 1.82. The standard InChI is InChI=1S/C14H12ClFN4/c1-7-8(2)20(11-4-9(15)3-10(16)5-11)14-12(7)13(17)18-6-19-14/h3-6H,1-2H3,(H2,17,18,19). The van der Waals surface area contributed by atoms with E-state index in [0.717, 1.165) is 16.6 Å². The molecule has 1 aromatic carbocycles. The summed E-state index contributed by atoms with van der Waals surface area (Å²) in [7, 11) is 0. The van der Waals surface area contributed by atoms with Gasteiger partial charge in [-0.15, -0.1) is 0 Å². The quantitative estimate of drug-likeness (QED) is 0.747. The lowest BCUT2D eigenvalue weighted by atomic mass is 10.2. The third-order valence-corrected chi connectivity index (χ3v) is 3.65. The zero-order valence-electron chi connectivity index (χ0n) is 11.0.